The molecule has 0 bridgehead atoms. The van der Waals surface area contributed by atoms with Crippen LogP contribution in [-0.4, -0.2) is 25.4 Å². The van der Waals surface area contributed by atoms with Crippen LogP contribution in [0.5, 0.6) is 0 Å². The lowest BCUT2D eigenvalue weighted by atomic mass is 9.99. The maximum atomic E-state index is 11.9. The molecule has 1 aromatic heterocycles. The van der Waals surface area contributed by atoms with Crippen molar-refractivity contribution in [2.24, 2.45) is 0 Å². The van der Waals surface area contributed by atoms with Crippen LogP contribution < -0.4 is 10.6 Å². The first kappa shape index (κ1) is 16.9. The molecule has 1 heterocycles. The zero-order chi connectivity index (χ0) is 17.6. The molecule has 132 valence electrons. The third-order valence-electron chi connectivity index (χ3n) is 5.01. The van der Waals surface area contributed by atoms with E-state index in [0.717, 1.165) is 54.3 Å². The molecule has 2 atom stereocenters. The SMILES string of the molecule is CCNC(=S)NC1CCc2cc(S(=O)O)c3cc(C4CC4)ncc3c21. The summed E-state index contributed by atoms with van der Waals surface area (Å²) >= 11 is 3.34. The first-order valence-corrected chi connectivity index (χ1v) is 10.2. The van der Waals surface area contributed by atoms with Gasteiger partial charge in [-0.3, -0.25) is 4.98 Å². The van der Waals surface area contributed by atoms with Gasteiger partial charge in [-0.15, -0.1) is 0 Å². The topological polar surface area (TPSA) is 74.2 Å². The smallest absolute Gasteiger partial charge is 0.187 e. The number of nitrogens with one attached hydrogen (secondary N) is 2. The second kappa shape index (κ2) is 6.63. The second-order valence-electron chi connectivity index (χ2n) is 6.72. The van der Waals surface area contributed by atoms with E-state index in [9.17, 15) is 8.76 Å². The number of fused-ring (bicyclic) bond motifs is 3. The average Bonchev–Trinajstić information content (AvgIpc) is 3.36. The van der Waals surface area contributed by atoms with Gasteiger partial charge in [0.2, 0.25) is 0 Å². The van der Waals surface area contributed by atoms with E-state index in [2.05, 4.69) is 15.6 Å². The molecule has 0 saturated heterocycles. The highest BCUT2D eigenvalue weighted by molar-refractivity contribution is 7.80. The van der Waals surface area contributed by atoms with Crippen molar-refractivity contribution in [3.8, 4) is 0 Å². The van der Waals surface area contributed by atoms with Gasteiger partial charge in [0.15, 0.2) is 16.2 Å². The van der Waals surface area contributed by atoms with Crippen molar-refractivity contribution in [1.82, 2.24) is 15.6 Å². The number of aromatic nitrogens is 1. The van der Waals surface area contributed by atoms with Crippen LogP contribution in [0.4, 0.5) is 0 Å². The minimum absolute atomic E-state index is 0.110. The Kier molecular flexibility index (Phi) is 4.47. The monoisotopic (exact) mass is 375 g/mol. The highest BCUT2D eigenvalue weighted by atomic mass is 32.2. The molecule has 0 aliphatic heterocycles. The zero-order valence-electron chi connectivity index (χ0n) is 14.0. The highest BCUT2D eigenvalue weighted by Gasteiger charge is 2.30. The Morgan fingerprint density at radius 3 is 2.84 bits per heavy atom. The fraction of sp³-hybridized carbons (Fsp3) is 0.444. The van der Waals surface area contributed by atoms with E-state index in [1.807, 2.05) is 25.3 Å². The molecule has 2 unspecified atom stereocenters. The molecule has 0 amide bonds. The summed E-state index contributed by atoms with van der Waals surface area (Å²) in [6.07, 6.45) is 5.98. The van der Waals surface area contributed by atoms with Gasteiger partial charge in [-0.05, 0) is 68.1 Å². The summed E-state index contributed by atoms with van der Waals surface area (Å²) in [7, 11) is 0. The summed E-state index contributed by atoms with van der Waals surface area (Å²) in [5, 5.41) is 8.97. The van der Waals surface area contributed by atoms with Gasteiger partial charge in [-0.1, -0.05) is 0 Å². The Bertz CT molecular complexity index is 880. The van der Waals surface area contributed by atoms with Gasteiger partial charge in [-0.2, -0.15) is 0 Å². The van der Waals surface area contributed by atoms with Crippen molar-refractivity contribution >= 4 is 39.2 Å². The van der Waals surface area contributed by atoms with E-state index in [-0.39, 0.29) is 6.04 Å². The van der Waals surface area contributed by atoms with Gasteiger partial charge in [-0.25, -0.2) is 4.21 Å². The highest BCUT2D eigenvalue weighted by Crippen LogP contribution is 2.43. The quantitative estimate of drug-likeness (QED) is 0.563. The molecular weight excluding hydrogens is 354 g/mol. The number of benzene rings is 1. The average molecular weight is 376 g/mol. The number of rotatable bonds is 4. The van der Waals surface area contributed by atoms with E-state index in [1.54, 1.807) is 0 Å². The van der Waals surface area contributed by atoms with E-state index in [4.69, 9.17) is 12.2 Å². The standard InChI is InChI=1S/C18H21N3O2S2/c1-2-19-18(24)21-14-6-5-11-7-16(25(22)23)12-8-15(10-3-4-10)20-9-13(12)17(11)14/h7-10,14H,2-6H2,1H3,(H,22,23)(H2,19,21,24). The minimum Gasteiger partial charge on any atom is -0.363 e. The van der Waals surface area contributed by atoms with Gasteiger partial charge in [0.25, 0.3) is 0 Å². The number of hydrogen-bond donors (Lipinski definition) is 3. The predicted octanol–water partition coefficient (Wildman–Crippen LogP) is 3.16. The van der Waals surface area contributed by atoms with Crippen LogP contribution in [0.1, 0.15) is 55.0 Å². The minimum atomic E-state index is -2.01. The van der Waals surface area contributed by atoms with Crippen molar-refractivity contribution in [1.29, 1.82) is 0 Å². The van der Waals surface area contributed by atoms with Gasteiger partial charge in [0.1, 0.15) is 0 Å². The summed E-state index contributed by atoms with van der Waals surface area (Å²) < 4.78 is 21.7. The number of hydrogen-bond acceptors (Lipinski definition) is 3. The van der Waals surface area contributed by atoms with Crippen molar-refractivity contribution in [3.05, 3.63) is 35.2 Å². The molecule has 2 aliphatic rings. The molecule has 4 rings (SSSR count). The van der Waals surface area contributed by atoms with Crippen LogP contribution in [0.3, 0.4) is 0 Å². The lowest BCUT2D eigenvalue weighted by Gasteiger charge is -2.19. The molecule has 0 spiro atoms. The Labute approximate surface area is 154 Å². The van der Waals surface area contributed by atoms with E-state index >= 15 is 0 Å². The molecule has 1 aromatic carbocycles. The number of nitrogens with zero attached hydrogens (tertiary/aromatic N) is 1. The summed E-state index contributed by atoms with van der Waals surface area (Å²) in [4.78, 5) is 5.13. The zero-order valence-corrected chi connectivity index (χ0v) is 15.7. The molecule has 7 heteroatoms. The Balaban J connectivity index is 1.83. The van der Waals surface area contributed by atoms with E-state index < -0.39 is 11.1 Å². The Hall–Kier alpha value is -1.57. The molecular formula is C18H21N3O2S2. The largest absolute Gasteiger partial charge is 0.363 e. The Morgan fingerprint density at radius 1 is 1.36 bits per heavy atom. The van der Waals surface area contributed by atoms with E-state index in [1.165, 1.54) is 5.56 Å². The molecule has 1 saturated carbocycles. The molecule has 2 aromatic rings. The van der Waals surface area contributed by atoms with Crippen molar-refractivity contribution in [2.45, 2.75) is 49.5 Å². The third kappa shape index (κ3) is 3.16. The maximum Gasteiger partial charge on any atom is 0.187 e. The van der Waals surface area contributed by atoms with Crippen LogP contribution in [0.15, 0.2) is 23.2 Å². The van der Waals surface area contributed by atoms with Crippen molar-refractivity contribution in [2.75, 3.05) is 6.54 Å². The van der Waals surface area contributed by atoms with Gasteiger partial charge in [0.05, 0.1) is 10.9 Å². The van der Waals surface area contributed by atoms with E-state index in [0.29, 0.717) is 15.9 Å². The summed E-state index contributed by atoms with van der Waals surface area (Å²) in [5.41, 5.74) is 3.31. The summed E-state index contributed by atoms with van der Waals surface area (Å²) in [6, 6.07) is 4.01. The summed E-state index contributed by atoms with van der Waals surface area (Å²) in [5.74, 6) is 0.507. The maximum absolute atomic E-state index is 11.9. The lowest BCUT2D eigenvalue weighted by Crippen LogP contribution is -2.36. The van der Waals surface area contributed by atoms with Gasteiger partial charge >= 0.3 is 0 Å². The van der Waals surface area contributed by atoms with Crippen LogP contribution in [0.2, 0.25) is 0 Å². The van der Waals surface area contributed by atoms with Crippen LogP contribution in [0, 0.1) is 0 Å². The number of aryl methyl sites for hydroxylation is 1. The first-order valence-electron chi connectivity index (χ1n) is 8.69. The molecule has 3 N–H and O–H groups in total. The van der Waals surface area contributed by atoms with Crippen molar-refractivity contribution < 1.29 is 8.76 Å². The first-order chi connectivity index (χ1) is 12.1. The molecule has 25 heavy (non-hydrogen) atoms. The summed E-state index contributed by atoms with van der Waals surface area (Å²) in [6.45, 7) is 2.79. The predicted molar refractivity (Wildman–Crippen MR) is 103 cm³/mol. The Morgan fingerprint density at radius 2 is 2.16 bits per heavy atom. The fourth-order valence-electron chi connectivity index (χ4n) is 3.70. The fourth-order valence-corrected chi connectivity index (χ4v) is 4.59. The number of thiocarbonyl (C=S) groups is 1. The normalized spacial score (nSPS) is 20.3. The lowest BCUT2D eigenvalue weighted by molar-refractivity contribution is 0.565. The molecule has 5 nitrogen and oxygen atoms in total. The van der Waals surface area contributed by atoms with Crippen LogP contribution >= 0.6 is 12.2 Å². The van der Waals surface area contributed by atoms with Gasteiger partial charge < -0.3 is 15.2 Å². The molecule has 0 radical (unpaired) electrons. The number of pyridine rings is 1. The van der Waals surface area contributed by atoms with Crippen molar-refractivity contribution in [3.63, 3.8) is 0 Å². The van der Waals surface area contributed by atoms with Crippen LogP contribution in [0.25, 0.3) is 10.8 Å². The molecule has 1 fully saturated rings. The third-order valence-corrected chi connectivity index (χ3v) is 5.99. The second-order valence-corrected chi connectivity index (χ2v) is 8.07. The van der Waals surface area contributed by atoms with Gasteiger partial charge in [0, 0.05) is 35.1 Å². The molecule has 2 aliphatic carbocycles. The van der Waals surface area contributed by atoms with Crippen LogP contribution in [-0.2, 0) is 17.5 Å².